The number of halogens is 4. The number of nitrogens with zero attached hydrogens (tertiary/aromatic N) is 5. The summed E-state index contributed by atoms with van der Waals surface area (Å²) in [6.45, 7) is 1.65. The first-order valence-electron chi connectivity index (χ1n) is 14.0. The van der Waals surface area contributed by atoms with Crippen LogP contribution in [0.2, 0.25) is 0 Å². The Morgan fingerprint density at radius 2 is 1.82 bits per heavy atom. The summed E-state index contributed by atoms with van der Waals surface area (Å²) in [5.74, 6) is -2.40. The van der Waals surface area contributed by atoms with Gasteiger partial charge in [-0.2, -0.15) is 18.4 Å². The number of nitriles is 1. The van der Waals surface area contributed by atoms with Gasteiger partial charge in [0.25, 0.3) is 5.56 Å². The molecule has 2 aromatic heterocycles. The number of hydrogen-bond donors (Lipinski definition) is 0. The van der Waals surface area contributed by atoms with E-state index in [0.29, 0.717) is 23.4 Å². The van der Waals surface area contributed by atoms with Crippen LogP contribution < -0.4 is 5.56 Å². The minimum atomic E-state index is -4.97. The number of carbonyl (C=O) groups is 1. The van der Waals surface area contributed by atoms with Crippen LogP contribution in [0.5, 0.6) is 0 Å². The lowest BCUT2D eigenvalue weighted by atomic mass is 10.00. The van der Waals surface area contributed by atoms with E-state index in [1.807, 2.05) is 6.07 Å². The maximum absolute atomic E-state index is 14.0. The van der Waals surface area contributed by atoms with Gasteiger partial charge in [-0.1, -0.05) is 6.07 Å². The van der Waals surface area contributed by atoms with Gasteiger partial charge in [0, 0.05) is 12.7 Å². The molecule has 1 fully saturated rings. The number of rotatable bonds is 7. The molecule has 3 heterocycles. The van der Waals surface area contributed by atoms with Crippen molar-refractivity contribution in [3.05, 3.63) is 99.5 Å². The highest BCUT2D eigenvalue weighted by atomic mass is 32.2. The van der Waals surface area contributed by atoms with Crippen molar-refractivity contribution in [1.29, 1.82) is 5.26 Å². The number of amides is 1. The maximum Gasteiger partial charge on any atom is 0.419 e. The zero-order valence-corrected chi connectivity index (χ0v) is 24.8. The molecule has 0 unspecified atom stereocenters. The first-order valence-corrected chi connectivity index (χ1v) is 15.8. The number of sulfone groups is 1. The van der Waals surface area contributed by atoms with E-state index in [1.54, 1.807) is 31.2 Å². The average molecular weight is 642 g/mol. The number of pyridine rings is 1. The Morgan fingerprint density at radius 1 is 1.13 bits per heavy atom. The molecule has 5 rings (SSSR count). The van der Waals surface area contributed by atoms with Gasteiger partial charge in [0.2, 0.25) is 5.91 Å². The second-order valence-corrected chi connectivity index (χ2v) is 13.3. The molecular weight excluding hydrogens is 614 g/mol. The van der Waals surface area contributed by atoms with Crippen molar-refractivity contribution in [3.63, 3.8) is 0 Å². The number of carbonyl (C=O) groups excluding carboxylic acids is 1. The Labute approximate surface area is 255 Å². The van der Waals surface area contributed by atoms with Crippen LogP contribution in [0.3, 0.4) is 0 Å². The molecule has 45 heavy (non-hydrogen) atoms. The lowest BCUT2D eigenvalue weighted by Crippen LogP contribution is -2.42. The third kappa shape index (κ3) is 6.88. The van der Waals surface area contributed by atoms with Gasteiger partial charge in [-0.05, 0) is 79.8 Å². The van der Waals surface area contributed by atoms with Crippen LogP contribution in [0.1, 0.15) is 48.3 Å². The average Bonchev–Trinajstić information content (AvgIpc) is 3.00. The van der Waals surface area contributed by atoms with Gasteiger partial charge >= 0.3 is 6.18 Å². The summed E-state index contributed by atoms with van der Waals surface area (Å²) in [5, 5.41) is 9.45. The Kier molecular flexibility index (Phi) is 8.75. The van der Waals surface area contributed by atoms with Crippen LogP contribution in [0.4, 0.5) is 17.6 Å². The molecule has 0 aliphatic carbocycles. The van der Waals surface area contributed by atoms with Gasteiger partial charge in [0.15, 0.2) is 5.65 Å². The first kappa shape index (κ1) is 31.8. The van der Waals surface area contributed by atoms with E-state index in [9.17, 15) is 40.8 Å². The third-order valence-electron chi connectivity index (χ3n) is 7.91. The smallest absolute Gasteiger partial charge is 0.332 e. The van der Waals surface area contributed by atoms with Crippen molar-refractivity contribution in [3.8, 4) is 11.8 Å². The molecular formula is C31H27F4N5O4S. The fourth-order valence-electron chi connectivity index (χ4n) is 5.44. The van der Waals surface area contributed by atoms with E-state index in [2.05, 4.69) is 9.97 Å². The number of aromatic nitrogens is 3. The molecule has 234 valence electrons. The van der Waals surface area contributed by atoms with E-state index < -0.39 is 51.3 Å². The fourth-order valence-corrected chi connectivity index (χ4v) is 7.03. The van der Waals surface area contributed by atoms with E-state index in [1.165, 1.54) is 27.8 Å². The summed E-state index contributed by atoms with van der Waals surface area (Å²) in [6.07, 6.45) is -3.51. The zero-order chi connectivity index (χ0) is 32.5. The van der Waals surface area contributed by atoms with Gasteiger partial charge in [-0.25, -0.2) is 22.8 Å². The van der Waals surface area contributed by atoms with Crippen molar-refractivity contribution in [2.75, 3.05) is 18.1 Å². The van der Waals surface area contributed by atoms with Gasteiger partial charge < -0.3 is 4.90 Å². The summed E-state index contributed by atoms with van der Waals surface area (Å²) in [4.78, 5) is 38.0. The predicted octanol–water partition coefficient (Wildman–Crippen LogP) is 4.77. The minimum Gasteiger partial charge on any atom is -0.332 e. The molecule has 0 bridgehead atoms. The Hall–Kier alpha value is -4.64. The Balaban J connectivity index is 1.60. The van der Waals surface area contributed by atoms with Crippen molar-refractivity contribution in [2.24, 2.45) is 5.92 Å². The topological polar surface area (TPSA) is 126 Å². The van der Waals surface area contributed by atoms with Crippen LogP contribution >= 0.6 is 0 Å². The standard InChI is InChI=1S/C31H27F4N5O4S/c1-19(29-38-28-24(3-2-12-37-28)30(42)40(29)23-7-4-20(17-36)5-8-23)39(18-21-10-13-45(43,44)14-11-21)27(41)16-22-6-9-26(32)25(15-22)31(33,34)35/h2-9,12,15,19,21H,10-11,13-14,16,18H2,1H3/t19-/m1/s1. The monoisotopic (exact) mass is 641 g/mol. The number of alkyl halides is 3. The fraction of sp³-hybridized carbons (Fsp3) is 0.323. The molecule has 0 radical (unpaired) electrons. The largest absolute Gasteiger partial charge is 0.419 e. The molecule has 1 aliphatic heterocycles. The molecule has 1 amide bonds. The zero-order valence-electron chi connectivity index (χ0n) is 24.0. The first-order chi connectivity index (χ1) is 21.3. The van der Waals surface area contributed by atoms with E-state index in [0.717, 1.165) is 6.07 Å². The van der Waals surface area contributed by atoms with Crippen LogP contribution in [0, 0.1) is 23.1 Å². The molecule has 1 atom stereocenters. The van der Waals surface area contributed by atoms with Gasteiger partial charge in [0.05, 0.1) is 52.2 Å². The quantitative estimate of drug-likeness (QED) is 0.266. The highest BCUT2D eigenvalue weighted by Gasteiger charge is 2.35. The van der Waals surface area contributed by atoms with Crippen LogP contribution in [-0.2, 0) is 27.2 Å². The molecule has 4 aromatic rings. The summed E-state index contributed by atoms with van der Waals surface area (Å²) in [5.41, 5.74) is -1.26. The second-order valence-electron chi connectivity index (χ2n) is 10.9. The highest BCUT2D eigenvalue weighted by Crippen LogP contribution is 2.33. The van der Waals surface area contributed by atoms with E-state index >= 15 is 0 Å². The molecule has 0 saturated carbocycles. The van der Waals surface area contributed by atoms with Gasteiger partial charge in [-0.3, -0.25) is 14.2 Å². The number of benzene rings is 2. The van der Waals surface area contributed by atoms with E-state index in [4.69, 9.17) is 0 Å². The summed E-state index contributed by atoms with van der Waals surface area (Å²) in [6, 6.07) is 12.7. The summed E-state index contributed by atoms with van der Waals surface area (Å²) in [7, 11) is -3.23. The predicted molar refractivity (Wildman–Crippen MR) is 156 cm³/mol. The SMILES string of the molecule is C[C@H](c1nc2ncccc2c(=O)n1-c1ccc(C#N)cc1)N(CC1CCS(=O)(=O)CC1)C(=O)Cc1ccc(F)c(C(F)(F)F)c1. The highest BCUT2D eigenvalue weighted by molar-refractivity contribution is 7.91. The Bertz CT molecular complexity index is 1960. The molecule has 9 nitrogen and oxygen atoms in total. The lowest BCUT2D eigenvalue weighted by Gasteiger charge is -2.34. The van der Waals surface area contributed by atoms with Gasteiger partial charge in [0.1, 0.15) is 21.5 Å². The molecule has 2 aromatic carbocycles. The maximum atomic E-state index is 14.0. The third-order valence-corrected chi connectivity index (χ3v) is 9.62. The summed E-state index contributed by atoms with van der Waals surface area (Å²) >= 11 is 0. The van der Waals surface area contributed by atoms with Crippen molar-refractivity contribution in [2.45, 2.75) is 38.4 Å². The second kappa shape index (κ2) is 12.4. The van der Waals surface area contributed by atoms with Crippen molar-refractivity contribution < 1.29 is 30.8 Å². The molecule has 14 heteroatoms. The molecule has 0 spiro atoms. The van der Waals surface area contributed by atoms with Crippen LogP contribution in [0.25, 0.3) is 16.7 Å². The summed E-state index contributed by atoms with van der Waals surface area (Å²) < 4.78 is 79.7. The Morgan fingerprint density at radius 3 is 2.47 bits per heavy atom. The number of fused-ring (bicyclic) bond motifs is 1. The van der Waals surface area contributed by atoms with Crippen molar-refractivity contribution in [1.82, 2.24) is 19.4 Å². The van der Waals surface area contributed by atoms with Gasteiger partial charge in [-0.15, -0.1) is 0 Å². The number of hydrogen-bond acceptors (Lipinski definition) is 7. The van der Waals surface area contributed by atoms with Crippen LogP contribution in [0.15, 0.2) is 65.6 Å². The molecule has 1 saturated heterocycles. The molecule has 0 N–H and O–H groups in total. The lowest BCUT2D eigenvalue weighted by molar-refractivity contribution is -0.140. The molecule has 1 aliphatic rings. The van der Waals surface area contributed by atoms with E-state index in [-0.39, 0.29) is 59.2 Å². The van der Waals surface area contributed by atoms with Crippen molar-refractivity contribution >= 4 is 26.8 Å². The minimum absolute atomic E-state index is 0.0341. The van der Waals surface area contributed by atoms with Crippen LogP contribution in [-0.4, -0.2) is 51.8 Å². The normalized spacial score (nSPS) is 15.8.